The fourth-order valence-electron chi connectivity index (χ4n) is 0.789. The van der Waals surface area contributed by atoms with Gasteiger partial charge in [0, 0.05) is 10.8 Å². The molecule has 0 bridgehead atoms. The van der Waals surface area contributed by atoms with E-state index in [1.165, 1.54) is 17.7 Å². The smallest absolute Gasteiger partial charge is 0.0152 e. The molecule has 0 N–H and O–H groups in total. The molecule has 1 fully saturated rings. The van der Waals surface area contributed by atoms with Gasteiger partial charge in [0.25, 0.3) is 0 Å². The van der Waals surface area contributed by atoms with Crippen LogP contribution in [0.2, 0.25) is 0 Å². The van der Waals surface area contributed by atoms with Gasteiger partial charge in [0.1, 0.15) is 0 Å². The van der Waals surface area contributed by atoms with E-state index in [9.17, 15) is 0 Å². The Morgan fingerprint density at radius 3 is 2.75 bits per heavy atom. The van der Waals surface area contributed by atoms with Crippen molar-refractivity contribution in [3.05, 3.63) is 28.3 Å². The number of hydrogen-bond acceptors (Lipinski definition) is 1. The van der Waals surface area contributed by atoms with Gasteiger partial charge in [-0.1, -0.05) is 6.07 Å². The maximum Gasteiger partial charge on any atom is 0.0152 e. The third kappa shape index (κ3) is 0.671. The third-order valence-corrected chi connectivity index (χ3v) is 2.34. The Balaban J connectivity index is 2.28. The first kappa shape index (κ1) is 4.57. The first-order valence-electron chi connectivity index (χ1n) is 2.85. The van der Waals surface area contributed by atoms with E-state index in [1.807, 2.05) is 11.3 Å². The average molecular weight is 123 g/mol. The average Bonchev–Trinajstić information content (AvgIpc) is 2.49. The zero-order chi connectivity index (χ0) is 5.40. The molecule has 0 amide bonds. The van der Waals surface area contributed by atoms with E-state index in [0.717, 1.165) is 0 Å². The standard InChI is InChI=1S/C7H7S/c1-2-7(8-5-1)6-3-4-6/h1-2,5H,3-4H2. The van der Waals surface area contributed by atoms with E-state index in [4.69, 9.17) is 0 Å². The van der Waals surface area contributed by atoms with Gasteiger partial charge in [0.15, 0.2) is 0 Å². The molecule has 1 aliphatic rings. The van der Waals surface area contributed by atoms with Crippen LogP contribution < -0.4 is 0 Å². The zero-order valence-electron chi connectivity index (χ0n) is 4.55. The van der Waals surface area contributed by atoms with Crippen molar-refractivity contribution in [2.75, 3.05) is 0 Å². The van der Waals surface area contributed by atoms with Crippen molar-refractivity contribution in [2.24, 2.45) is 0 Å². The molecular formula is C7H7S. The lowest BCUT2D eigenvalue weighted by molar-refractivity contribution is 1.50. The van der Waals surface area contributed by atoms with E-state index >= 15 is 0 Å². The Morgan fingerprint density at radius 2 is 2.25 bits per heavy atom. The highest BCUT2D eigenvalue weighted by molar-refractivity contribution is 7.10. The van der Waals surface area contributed by atoms with Crippen LogP contribution in [0.25, 0.3) is 0 Å². The highest BCUT2D eigenvalue weighted by Crippen LogP contribution is 2.40. The highest BCUT2D eigenvalue weighted by Gasteiger charge is 2.24. The second-order valence-electron chi connectivity index (χ2n) is 2.08. The Kier molecular flexibility index (Phi) is 0.908. The Morgan fingerprint density at radius 1 is 1.38 bits per heavy atom. The van der Waals surface area contributed by atoms with E-state index in [-0.39, 0.29) is 0 Å². The lowest BCUT2D eigenvalue weighted by Gasteiger charge is -1.81. The molecule has 0 nitrogen and oxygen atoms in total. The molecule has 0 aliphatic heterocycles. The Hall–Kier alpha value is -0.300. The highest BCUT2D eigenvalue weighted by atomic mass is 32.1. The molecule has 0 unspecified atom stereocenters. The van der Waals surface area contributed by atoms with Crippen LogP contribution in [0.4, 0.5) is 0 Å². The van der Waals surface area contributed by atoms with Gasteiger partial charge in [-0.3, -0.25) is 0 Å². The van der Waals surface area contributed by atoms with Crippen LogP contribution in [0, 0.1) is 5.92 Å². The maximum absolute atomic E-state index is 2.20. The largest absolute Gasteiger partial charge is 0.148 e. The van der Waals surface area contributed by atoms with Gasteiger partial charge in [-0.05, 0) is 24.3 Å². The Bertz CT molecular complexity index is 161. The molecule has 1 saturated carbocycles. The van der Waals surface area contributed by atoms with E-state index < -0.39 is 0 Å². The fraction of sp³-hybridized carbons (Fsp3) is 0.286. The summed E-state index contributed by atoms with van der Waals surface area (Å²) >= 11 is 1.86. The maximum atomic E-state index is 2.20. The summed E-state index contributed by atoms with van der Waals surface area (Å²) in [5.74, 6) is 1.65. The van der Waals surface area contributed by atoms with Gasteiger partial charge < -0.3 is 0 Å². The van der Waals surface area contributed by atoms with Crippen molar-refractivity contribution < 1.29 is 0 Å². The summed E-state index contributed by atoms with van der Waals surface area (Å²) in [5.41, 5.74) is 0. The topological polar surface area (TPSA) is 0 Å². The molecule has 1 aromatic rings. The van der Waals surface area contributed by atoms with Crippen LogP contribution in [-0.4, -0.2) is 0 Å². The molecule has 41 valence electrons. The van der Waals surface area contributed by atoms with Gasteiger partial charge >= 0.3 is 0 Å². The minimum Gasteiger partial charge on any atom is -0.148 e. The predicted octanol–water partition coefficient (Wildman–Crippen LogP) is 2.46. The van der Waals surface area contributed by atoms with Crippen molar-refractivity contribution in [3.63, 3.8) is 0 Å². The number of rotatable bonds is 1. The molecule has 2 rings (SSSR count). The molecule has 0 aromatic carbocycles. The first-order valence-corrected chi connectivity index (χ1v) is 3.73. The molecular weight excluding hydrogens is 116 g/mol. The van der Waals surface area contributed by atoms with Crippen molar-refractivity contribution in [2.45, 2.75) is 12.8 Å². The van der Waals surface area contributed by atoms with Crippen LogP contribution in [0.15, 0.2) is 17.5 Å². The van der Waals surface area contributed by atoms with Crippen molar-refractivity contribution >= 4 is 11.3 Å². The van der Waals surface area contributed by atoms with Crippen LogP contribution in [-0.2, 0) is 0 Å². The van der Waals surface area contributed by atoms with Crippen molar-refractivity contribution in [1.29, 1.82) is 0 Å². The van der Waals surface area contributed by atoms with Gasteiger partial charge in [0.05, 0.1) is 0 Å². The molecule has 0 atom stereocenters. The van der Waals surface area contributed by atoms with Crippen LogP contribution in [0.3, 0.4) is 0 Å². The summed E-state index contributed by atoms with van der Waals surface area (Å²) in [4.78, 5) is 1.50. The lowest BCUT2D eigenvalue weighted by Crippen LogP contribution is -1.64. The van der Waals surface area contributed by atoms with Crippen LogP contribution in [0.1, 0.15) is 17.7 Å². The molecule has 0 spiro atoms. The summed E-state index contributed by atoms with van der Waals surface area (Å²) in [6.45, 7) is 0. The molecule has 8 heavy (non-hydrogen) atoms. The SMILES string of the molecule is c1csc([C]2CC2)c1. The monoisotopic (exact) mass is 123 g/mol. The van der Waals surface area contributed by atoms with Crippen LogP contribution >= 0.6 is 11.3 Å². The summed E-state index contributed by atoms with van der Waals surface area (Å²) in [6, 6.07) is 4.32. The number of hydrogen-bond donors (Lipinski definition) is 0. The van der Waals surface area contributed by atoms with Gasteiger partial charge in [-0.25, -0.2) is 0 Å². The molecule has 1 radical (unpaired) electrons. The zero-order valence-corrected chi connectivity index (χ0v) is 5.37. The normalized spacial score (nSPS) is 19.0. The lowest BCUT2D eigenvalue weighted by atomic mass is 10.3. The van der Waals surface area contributed by atoms with E-state index in [0.29, 0.717) is 0 Å². The van der Waals surface area contributed by atoms with Crippen LogP contribution in [0.5, 0.6) is 0 Å². The van der Waals surface area contributed by atoms with E-state index in [1.54, 1.807) is 5.92 Å². The molecule has 1 aromatic heterocycles. The third-order valence-electron chi connectivity index (χ3n) is 1.37. The van der Waals surface area contributed by atoms with Gasteiger partial charge in [-0.15, -0.1) is 11.3 Å². The second-order valence-corrected chi connectivity index (χ2v) is 3.03. The van der Waals surface area contributed by atoms with Crippen molar-refractivity contribution in [3.8, 4) is 0 Å². The fourth-order valence-corrected chi connectivity index (χ4v) is 1.62. The second kappa shape index (κ2) is 1.59. The summed E-state index contributed by atoms with van der Waals surface area (Å²) < 4.78 is 0. The number of thiophene rings is 1. The molecule has 1 aliphatic carbocycles. The van der Waals surface area contributed by atoms with Gasteiger partial charge in [0.2, 0.25) is 0 Å². The first-order chi connectivity index (χ1) is 3.97. The summed E-state index contributed by atoms with van der Waals surface area (Å²) in [5, 5.41) is 2.14. The minimum absolute atomic E-state index is 1.35. The Labute approximate surface area is 53.2 Å². The molecule has 0 saturated heterocycles. The van der Waals surface area contributed by atoms with Crippen molar-refractivity contribution in [1.82, 2.24) is 0 Å². The summed E-state index contributed by atoms with van der Waals surface area (Å²) in [7, 11) is 0. The molecule has 1 heterocycles. The molecule has 1 heteroatoms. The van der Waals surface area contributed by atoms with Gasteiger partial charge in [-0.2, -0.15) is 0 Å². The minimum atomic E-state index is 1.35. The van der Waals surface area contributed by atoms with E-state index in [2.05, 4.69) is 17.5 Å². The predicted molar refractivity (Wildman–Crippen MR) is 35.9 cm³/mol. The quantitative estimate of drug-likeness (QED) is 0.538. The summed E-state index contributed by atoms with van der Waals surface area (Å²) in [6.07, 6.45) is 2.70.